The maximum atomic E-state index is 13.9. The van der Waals surface area contributed by atoms with Crippen molar-refractivity contribution in [3.63, 3.8) is 0 Å². The number of pyridine rings is 1. The summed E-state index contributed by atoms with van der Waals surface area (Å²) in [5.74, 6) is -0.465. The molecule has 218 valence electrons. The van der Waals surface area contributed by atoms with E-state index in [0.717, 1.165) is 22.5 Å². The van der Waals surface area contributed by atoms with Crippen LogP contribution in [0.2, 0.25) is 0 Å². The van der Waals surface area contributed by atoms with Gasteiger partial charge in [0, 0.05) is 29.2 Å². The molecule has 2 aromatic heterocycles. The number of para-hydroxylation sites is 2. The third kappa shape index (κ3) is 5.91. The molecule has 0 radical (unpaired) electrons. The first-order valence-corrected chi connectivity index (χ1v) is 14.3. The van der Waals surface area contributed by atoms with Gasteiger partial charge in [-0.3, -0.25) is 14.4 Å². The minimum atomic E-state index is -0.420. The number of hydrogen-bond donors (Lipinski definition) is 4. The summed E-state index contributed by atoms with van der Waals surface area (Å²) in [5.41, 5.74) is 12.7. The summed E-state index contributed by atoms with van der Waals surface area (Å²) in [4.78, 5) is 44.6. The predicted octanol–water partition coefficient (Wildman–Crippen LogP) is 6.94. The van der Waals surface area contributed by atoms with Gasteiger partial charge in [0.25, 0.3) is 11.8 Å². The molecule has 0 unspecified atom stereocenters. The van der Waals surface area contributed by atoms with E-state index in [1.54, 1.807) is 49.4 Å². The van der Waals surface area contributed by atoms with Gasteiger partial charge >= 0.3 is 0 Å². The highest BCUT2D eigenvalue weighted by Crippen LogP contribution is 2.43. The lowest BCUT2D eigenvalue weighted by atomic mass is 9.94. The molecule has 9 nitrogen and oxygen atoms in total. The number of fused-ring (bicyclic) bond motifs is 1. The number of nitrogens with one attached hydrogen (secondary N) is 3. The number of methoxy groups -OCH3 is 1. The standard InChI is InChI=1S/C33H31N5O4S/c1-17-10-15-23(18(2)16-17)37-31(40)26-19(3)35-33-28(27(26)21-11-13-22(14-12-21)36-20(4)39)29(34)30(43-33)32(41)38-24-8-6-7-9-25(24)42-5/h6-16H,34H2,1-5H3,(H,36,39)(H,37,40)(H,38,41). The van der Waals surface area contributed by atoms with E-state index in [1.807, 2.05) is 38.1 Å². The van der Waals surface area contributed by atoms with Gasteiger partial charge in [0.1, 0.15) is 15.5 Å². The first-order chi connectivity index (χ1) is 20.6. The summed E-state index contributed by atoms with van der Waals surface area (Å²) in [6, 6.07) is 20.0. The maximum absolute atomic E-state index is 13.9. The molecule has 3 amide bonds. The van der Waals surface area contributed by atoms with Crippen LogP contribution in [0.5, 0.6) is 5.75 Å². The van der Waals surface area contributed by atoms with Crippen molar-refractivity contribution in [2.24, 2.45) is 0 Å². The van der Waals surface area contributed by atoms with Gasteiger partial charge in [-0.05, 0) is 62.2 Å². The molecule has 5 rings (SSSR count). The van der Waals surface area contributed by atoms with E-state index in [1.165, 1.54) is 14.0 Å². The van der Waals surface area contributed by atoms with Gasteiger partial charge in [0.05, 0.1) is 29.7 Å². The van der Waals surface area contributed by atoms with Crippen molar-refractivity contribution >= 4 is 62.0 Å². The quantitative estimate of drug-likeness (QED) is 0.161. The highest BCUT2D eigenvalue weighted by molar-refractivity contribution is 7.21. The molecule has 0 aliphatic heterocycles. The monoisotopic (exact) mass is 593 g/mol. The largest absolute Gasteiger partial charge is 0.495 e. The Balaban J connectivity index is 1.67. The maximum Gasteiger partial charge on any atom is 0.268 e. The molecule has 2 heterocycles. The highest BCUT2D eigenvalue weighted by atomic mass is 32.1. The number of thiophene rings is 1. The minimum absolute atomic E-state index is 0.198. The lowest BCUT2D eigenvalue weighted by Crippen LogP contribution is -2.17. The minimum Gasteiger partial charge on any atom is -0.495 e. The lowest BCUT2D eigenvalue weighted by molar-refractivity contribution is -0.114. The van der Waals surface area contributed by atoms with Crippen molar-refractivity contribution in [1.82, 2.24) is 4.98 Å². The van der Waals surface area contributed by atoms with Crippen molar-refractivity contribution < 1.29 is 19.1 Å². The normalized spacial score (nSPS) is 10.8. The average molecular weight is 594 g/mol. The van der Waals surface area contributed by atoms with E-state index in [4.69, 9.17) is 15.5 Å². The Bertz CT molecular complexity index is 1900. The molecule has 0 saturated heterocycles. The van der Waals surface area contributed by atoms with Gasteiger partial charge in [-0.2, -0.15) is 0 Å². The number of nitrogens with two attached hydrogens (primary N) is 1. The highest BCUT2D eigenvalue weighted by Gasteiger charge is 2.27. The Morgan fingerprint density at radius 2 is 1.56 bits per heavy atom. The molecule has 0 saturated carbocycles. The van der Waals surface area contributed by atoms with Gasteiger partial charge in [0.15, 0.2) is 0 Å². The fourth-order valence-electron chi connectivity index (χ4n) is 4.99. The van der Waals surface area contributed by atoms with Crippen molar-refractivity contribution in [1.29, 1.82) is 0 Å². The van der Waals surface area contributed by atoms with Crippen molar-refractivity contribution in [3.05, 3.63) is 94.0 Å². The number of nitrogens with zero attached hydrogens (tertiary/aromatic N) is 1. The number of aromatic nitrogens is 1. The van der Waals surface area contributed by atoms with Crippen molar-refractivity contribution in [2.75, 3.05) is 28.8 Å². The number of carbonyl (C=O) groups is 3. The second-order valence-electron chi connectivity index (χ2n) is 10.2. The van der Waals surface area contributed by atoms with Crippen LogP contribution in [0.4, 0.5) is 22.7 Å². The SMILES string of the molecule is COc1ccccc1NC(=O)c1sc2nc(C)c(C(=O)Nc3ccc(C)cc3C)c(-c3ccc(NC(C)=O)cc3)c2c1N. The Labute approximate surface area is 253 Å². The first-order valence-electron chi connectivity index (χ1n) is 13.5. The number of anilines is 4. The smallest absolute Gasteiger partial charge is 0.268 e. The summed E-state index contributed by atoms with van der Waals surface area (Å²) in [6.45, 7) is 7.12. The zero-order valence-corrected chi connectivity index (χ0v) is 25.2. The van der Waals surface area contributed by atoms with Crippen LogP contribution in [0, 0.1) is 20.8 Å². The van der Waals surface area contributed by atoms with Crippen molar-refractivity contribution in [3.8, 4) is 16.9 Å². The van der Waals surface area contributed by atoms with Crippen LogP contribution in [-0.4, -0.2) is 29.8 Å². The van der Waals surface area contributed by atoms with Crippen LogP contribution in [0.25, 0.3) is 21.3 Å². The number of carbonyl (C=O) groups excluding carboxylic acids is 3. The summed E-state index contributed by atoms with van der Waals surface area (Å²) in [6.07, 6.45) is 0. The molecule has 5 aromatic rings. The Morgan fingerprint density at radius 1 is 0.860 bits per heavy atom. The number of hydrogen-bond acceptors (Lipinski definition) is 7. The summed E-state index contributed by atoms with van der Waals surface area (Å²) < 4.78 is 5.38. The molecule has 3 aromatic carbocycles. The summed E-state index contributed by atoms with van der Waals surface area (Å²) in [5, 5.41) is 9.17. The van der Waals surface area contributed by atoms with Crippen LogP contribution in [0.15, 0.2) is 66.7 Å². The molecule has 43 heavy (non-hydrogen) atoms. The van der Waals surface area contributed by atoms with E-state index >= 15 is 0 Å². The van der Waals surface area contributed by atoms with Crippen LogP contribution in [0.3, 0.4) is 0 Å². The molecule has 0 fully saturated rings. The van der Waals surface area contributed by atoms with E-state index < -0.39 is 5.91 Å². The van der Waals surface area contributed by atoms with Gasteiger partial charge in [-0.25, -0.2) is 4.98 Å². The van der Waals surface area contributed by atoms with Crippen LogP contribution in [-0.2, 0) is 4.79 Å². The second kappa shape index (κ2) is 11.9. The zero-order chi connectivity index (χ0) is 30.8. The number of rotatable bonds is 7. The topological polar surface area (TPSA) is 135 Å². The summed E-state index contributed by atoms with van der Waals surface area (Å²) >= 11 is 1.15. The first kappa shape index (κ1) is 29.3. The average Bonchev–Trinajstić information content (AvgIpc) is 3.29. The summed E-state index contributed by atoms with van der Waals surface area (Å²) in [7, 11) is 1.53. The van der Waals surface area contributed by atoms with Crippen LogP contribution in [0.1, 0.15) is 43.8 Å². The van der Waals surface area contributed by atoms with Gasteiger partial charge < -0.3 is 26.4 Å². The zero-order valence-electron chi connectivity index (χ0n) is 24.4. The second-order valence-corrected chi connectivity index (χ2v) is 11.2. The predicted molar refractivity (Wildman–Crippen MR) is 173 cm³/mol. The molecule has 5 N–H and O–H groups in total. The van der Waals surface area contributed by atoms with Crippen molar-refractivity contribution in [2.45, 2.75) is 27.7 Å². The molecule has 0 aliphatic carbocycles. The fourth-order valence-corrected chi connectivity index (χ4v) is 6.04. The van der Waals surface area contributed by atoms with Crippen LogP contribution >= 0.6 is 11.3 Å². The number of amides is 3. The molecule has 0 atom stereocenters. The molecular formula is C33H31N5O4S. The van der Waals surface area contributed by atoms with E-state index in [0.29, 0.717) is 55.4 Å². The molecule has 10 heteroatoms. The molecule has 0 aliphatic rings. The van der Waals surface area contributed by atoms with Crippen LogP contribution < -0.4 is 26.4 Å². The third-order valence-corrected chi connectivity index (χ3v) is 8.07. The van der Waals surface area contributed by atoms with E-state index in [2.05, 4.69) is 16.0 Å². The third-order valence-electron chi connectivity index (χ3n) is 6.97. The fraction of sp³-hybridized carbons (Fsp3) is 0.152. The number of ether oxygens (including phenoxy) is 1. The van der Waals surface area contributed by atoms with Gasteiger partial charge in [-0.1, -0.05) is 42.0 Å². The number of aryl methyl sites for hydroxylation is 3. The van der Waals surface area contributed by atoms with Gasteiger partial charge in [0.2, 0.25) is 5.91 Å². The Hall–Kier alpha value is -5.22. The number of nitrogen functional groups attached to an aromatic ring is 1. The molecular weight excluding hydrogens is 562 g/mol. The molecule has 0 bridgehead atoms. The van der Waals surface area contributed by atoms with E-state index in [-0.39, 0.29) is 22.4 Å². The lowest BCUT2D eigenvalue weighted by Gasteiger charge is -2.16. The number of benzene rings is 3. The Kier molecular flexibility index (Phi) is 8.13. The van der Waals surface area contributed by atoms with E-state index in [9.17, 15) is 14.4 Å². The molecule has 0 spiro atoms. The van der Waals surface area contributed by atoms with Gasteiger partial charge in [-0.15, -0.1) is 11.3 Å². The Morgan fingerprint density at radius 3 is 2.23 bits per heavy atom.